The lowest BCUT2D eigenvalue weighted by atomic mass is 10.1. The highest BCUT2D eigenvalue weighted by molar-refractivity contribution is 6.35. The topological polar surface area (TPSA) is 41.9 Å². The van der Waals surface area contributed by atoms with Crippen LogP contribution in [0.3, 0.4) is 0 Å². The predicted molar refractivity (Wildman–Crippen MR) is 99.5 cm³/mol. The standard InChI is InChI=1S/C19H16Cl2N4/c20-16-2-1-3-17(21)15(16)12-25-9-6-18-14(11-25)10-23-19(24-18)13-4-7-22-8-5-13/h1-5,7-8,10H,6,9,11-12H2. The van der Waals surface area contributed by atoms with E-state index in [1.807, 2.05) is 36.5 Å². The molecular weight excluding hydrogens is 355 g/mol. The first-order valence-corrected chi connectivity index (χ1v) is 8.87. The summed E-state index contributed by atoms with van der Waals surface area (Å²) in [5, 5.41) is 1.42. The summed E-state index contributed by atoms with van der Waals surface area (Å²) >= 11 is 12.6. The fraction of sp³-hybridized carbons (Fsp3) is 0.211. The van der Waals surface area contributed by atoms with Crippen molar-refractivity contribution in [3.05, 3.63) is 75.8 Å². The lowest BCUT2D eigenvalue weighted by Crippen LogP contribution is -2.31. The van der Waals surface area contributed by atoms with Gasteiger partial charge in [-0.2, -0.15) is 0 Å². The van der Waals surface area contributed by atoms with Crippen molar-refractivity contribution in [2.45, 2.75) is 19.5 Å². The summed E-state index contributed by atoms with van der Waals surface area (Å²) in [6.07, 6.45) is 6.33. The molecule has 1 aliphatic rings. The maximum atomic E-state index is 6.30. The second-order valence-electron chi connectivity index (χ2n) is 6.06. The van der Waals surface area contributed by atoms with E-state index < -0.39 is 0 Å². The second-order valence-corrected chi connectivity index (χ2v) is 6.88. The molecule has 0 atom stereocenters. The molecule has 3 heterocycles. The molecule has 1 aliphatic heterocycles. The van der Waals surface area contributed by atoms with Crippen LogP contribution in [0.2, 0.25) is 10.0 Å². The number of hydrogen-bond donors (Lipinski definition) is 0. The van der Waals surface area contributed by atoms with Crippen molar-refractivity contribution in [2.24, 2.45) is 0 Å². The molecule has 2 aromatic heterocycles. The van der Waals surface area contributed by atoms with Gasteiger partial charge >= 0.3 is 0 Å². The van der Waals surface area contributed by atoms with Crippen LogP contribution in [0.4, 0.5) is 0 Å². The van der Waals surface area contributed by atoms with Crippen molar-refractivity contribution < 1.29 is 0 Å². The van der Waals surface area contributed by atoms with Crippen molar-refractivity contribution in [1.29, 1.82) is 0 Å². The number of benzene rings is 1. The van der Waals surface area contributed by atoms with Gasteiger partial charge in [0.05, 0.1) is 5.69 Å². The van der Waals surface area contributed by atoms with Gasteiger partial charge in [-0.15, -0.1) is 0 Å². The van der Waals surface area contributed by atoms with E-state index in [2.05, 4.69) is 14.9 Å². The van der Waals surface area contributed by atoms with E-state index in [4.69, 9.17) is 28.2 Å². The van der Waals surface area contributed by atoms with Gasteiger partial charge < -0.3 is 0 Å². The minimum absolute atomic E-state index is 0.711. The van der Waals surface area contributed by atoms with E-state index in [-0.39, 0.29) is 0 Å². The zero-order valence-electron chi connectivity index (χ0n) is 13.5. The van der Waals surface area contributed by atoms with Crippen LogP contribution < -0.4 is 0 Å². The summed E-state index contributed by atoms with van der Waals surface area (Å²) in [7, 11) is 0. The zero-order chi connectivity index (χ0) is 17.2. The van der Waals surface area contributed by atoms with Gasteiger partial charge in [0.15, 0.2) is 5.82 Å². The first-order chi connectivity index (χ1) is 12.2. The SMILES string of the molecule is Clc1cccc(Cl)c1CN1CCc2nc(-c3ccncc3)ncc2C1. The maximum Gasteiger partial charge on any atom is 0.159 e. The van der Waals surface area contributed by atoms with Gasteiger partial charge in [-0.3, -0.25) is 9.88 Å². The Labute approximate surface area is 156 Å². The Morgan fingerprint density at radius 3 is 2.56 bits per heavy atom. The molecule has 126 valence electrons. The molecular formula is C19H16Cl2N4. The Hall–Kier alpha value is -2.01. The third-order valence-electron chi connectivity index (χ3n) is 4.39. The quantitative estimate of drug-likeness (QED) is 0.684. The van der Waals surface area contributed by atoms with Crippen LogP contribution >= 0.6 is 23.2 Å². The Bertz CT molecular complexity index is 879. The van der Waals surface area contributed by atoms with Gasteiger partial charge in [0.1, 0.15) is 0 Å². The van der Waals surface area contributed by atoms with Gasteiger partial charge in [-0.1, -0.05) is 29.3 Å². The van der Waals surface area contributed by atoms with Crippen LogP contribution in [0.15, 0.2) is 48.9 Å². The van der Waals surface area contributed by atoms with Crippen molar-refractivity contribution in [3.8, 4) is 11.4 Å². The molecule has 0 aliphatic carbocycles. The smallest absolute Gasteiger partial charge is 0.159 e. The molecule has 0 unspecified atom stereocenters. The summed E-state index contributed by atoms with van der Waals surface area (Å²) in [5.41, 5.74) is 4.24. The van der Waals surface area contributed by atoms with Crippen LogP contribution in [-0.2, 0) is 19.5 Å². The fourth-order valence-corrected chi connectivity index (χ4v) is 3.57. The molecule has 0 spiro atoms. The van der Waals surface area contributed by atoms with Gasteiger partial charge in [0, 0.05) is 71.4 Å². The lowest BCUT2D eigenvalue weighted by molar-refractivity contribution is 0.243. The minimum atomic E-state index is 0.711. The highest BCUT2D eigenvalue weighted by Crippen LogP contribution is 2.28. The summed E-state index contributed by atoms with van der Waals surface area (Å²) in [6, 6.07) is 9.48. The fourth-order valence-electron chi connectivity index (χ4n) is 3.06. The molecule has 4 rings (SSSR count). The molecule has 4 nitrogen and oxygen atoms in total. The van der Waals surface area contributed by atoms with Crippen LogP contribution in [0.5, 0.6) is 0 Å². The molecule has 0 radical (unpaired) electrons. The first-order valence-electron chi connectivity index (χ1n) is 8.11. The van der Waals surface area contributed by atoms with Crippen LogP contribution in [0.25, 0.3) is 11.4 Å². The highest BCUT2D eigenvalue weighted by atomic mass is 35.5. The van der Waals surface area contributed by atoms with E-state index >= 15 is 0 Å². The number of halogens is 2. The normalized spacial score (nSPS) is 14.3. The van der Waals surface area contributed by atoms with Crippen LogP contribution in [0, 0.1) is 0 Å². The van der Waals surface area contributed by atoms with Crippen molar-refractivity contribution in [2.75, 3.05) is 6.54 Å². The average molecular weight is 371 g/mol. The number of pyridine rings is 1. The molecule has 0 amide bonds. The van der Waals surface area contributed by atoms with Gasteiger partial charge in [0.25, 0.3) is 0 Å². The molecule has 1 aromatic carbocycles. The van der Waals surface area contributed by atoms with E-state index in [1.165, 1.54) is 0 Å². The monoisotopic (exact) mass is 370 g/mol. The van der Waals surface area contributed by atoms with E-state index in [0.29, 0.717) is 10.0 Å². The number of nitrogens with zero attached hydrogens (tertiary/aromatic N) is 4. The molecule has 3 aromatic rings. The summed E-state index contributed by atoms with van der Waals surface area (Å²) in [6.45, 7) is 2.44. The molecule has 25 heavy (non-hydrogen) atoms. The molecule has 0 N–H and O–H groups in total. The maximum absolute atomic E-state index is 6.30. The third-order valence-corrected chi connectivity index (χ3v) is 5.10. The molecule has 6 heteroatoms. The highest BCUT2D eigenvalue weighted by Gasteiger charge is 2.20. The first kappa shape index (κ1) is 16.5. The van der Waals surface area contributed by atoms with Crippen molar-refractivity contribution in [3.63, 3.8) is 0 Å². The van der Waals surface area contributed by atoms with Crippen LogP contribution in [-0.4, -0.2) is 26.4 Å². The predicted octanol–water partition coefficient (Wildman–Crippen LogP) is 4.40. The molecule has 0 bridgehead atoms. The van der Waals surface area contributed by atoms with Gasteiger partial charge in [0.2, 0.25) is 0 Å². The Kier molecular flexibility index (Phi) is 4.66. The molecule has 0 saturated heterocycles. The molecule has 0 fully saturated rings. The molecule has 0 saturated carbocycles. The Morgan fingerprint density at radius 2 is 1.80 bits per heavy atom. The van der Waals surface area contributed by atoms with E-state index in [1.54, 1.807) is 12.4 Å². The number of rotatable bonds is 3. The Morgan fingerprint density at radius 1 is 1.04 bits per heavy atom. The second kappa shape index (κ2) is 7.08. The third kappa shape index (κ3) is 3.52. The van der Waals surface area contributed by atoms with Crippen LogP contribution in [0.1, 0.15) is 16.8 Å². The number of fused-ring (bicyclic) bond motifs is 1. The summed E-state index contributed by atoms with van der Waals surface area (Å²) < 4.78 is 0. The van der Waals surface area contributed by atoms with E-state index in [0.717, 1.165) is 54.3 Å². The van der Waals surface area contributed by atoms with Crippen molar-refractivity contribution in [1.82, 2.24) is 19.9 Å². The average Bonchev–Trinajstić information content (AvgIpc) is 2.65. The van der Waals surface area contributed by atoms with Crippen molar-refractivity contribution >= 4 is 23.2 Å². The largest absolute Gasteiger partial charge is 0.294 e. The van der Waals surface area contributed by atoms with Gasteiger partial charge in [-0.05, 0) is 24.3 Å². The zero-order valence-corrected chi connectivity index (χ0v) is 15.0. The minimum Gasteiger partial charge on any atom is -0.294 e. The summed E-state index contributed by atoms with van der Waals surface area (Å²) in [4.78, 5) is 15.6. The number of hydrogen-bond acceptors (Lipinski definition) is 4. The summed E-state index contributed by atoms with van der Waals surface area (Å²) in [5.74, 6) is 0.753. The van der Waals surface area contributed by atoms with E-state index in [9.17, 15) is 0 Å². The van der Waals surface area contributed by atoms with Gasteiger partial charge in [-0.25, -0.2) is 9.97 Å². The Balaban J connectivity index is 1.54. The number of aromatic nitrogens is 3. The lowest BCUT2D eigenvalue weighted by Gasteiger charge is -2.28.